The summed E-state index contributed by atoms with van der Waals surface area (Å²) in [4.78, 5) is 23.4. The van der Waals surface area contributed by atoms with Crippen LogP contribution in [-0.2, 0) is 11.3 Å². The number of hydrogen-bond donors (Lipinski definition) is 2. The zero-order valence-electron chi connectivity index (χ0n) is 9.99. The van der Waals surface area contributed by atoms with Crippen LogP contribution in [0, 0.1) is 0 Å². The number of rotatable bonds is 3. The van der Waals surface area contributed by atoms with Gasteiger partial charge in [-0.15, -0.1) is 0 Å². The number of carbonyl (C=O) groups excluding carboxylic acids is 1. The summed E-state index contributed by atoms with van der Waals surface area (Å²) in [5.41, 5.74) is -0.168. The molecule has 6 heteroatoms. The van der Waals surface area contributed by atoms with Gasteiger partial charge in [-0.05, 0) is 47.9 Å². The molecule has 2 rings (SSSR count). The first-order valence-electron chi connectivity index (χ1n) is 6.01. The van der Waals surface area contributed by atoms with E-state index in [2.05, 4.69) is 26.6 Å². The van der Waals surface area contributed by atoms with Crippen LogP contribution in [0.3, 0.4) is 0 Å². The molecule has 2 heterocycles. The van der Waals surface area contributed by atoms with Crippen LogP contribution in [0.25, 0.3) is 0 Å². The van der Waals surface area contributed by atoms with Gasteiger partial charge in [-0.2, -0.15) is 0 Å². The Kier molecular flexibility index (Phi) is 4.54. The molecular weight excluding hydrogens is 298 g/mol. The summed E-state index contributed by atoms with van der Waals surface area (Å²) in [6.45, 7) is 1.94. The van der Waals surface area contributed by atoms with Crippen molar-refractivity contribution in [3.63, 3.8) is 0 Å². The molecule has 18 heavy (non-hydrogen) atoms. The van der Waals surface area contributed by atoms with E-state index in [-0.39, 0.29) is 24.1 Å². The summed E-state index contributed by atoms with van der Waals surface area (Å²) >= 11 is 3.29. The van der Waals surface area contributed by atoms with Crippen LogP contribution in [0.1, 0.15) is 12.8 Å². The Bertz CT molecular complexity index is 480. The SMILES string of the molecule is O=C(Cn1cc(Br)ccc1=O)NC1CCNCC1. The molecule has 0 radical (unpaired) electrons. The molecule has 1 aliphatic heterocycles. The van der Waals surface area contributed by atoms with Gasteiger partial charge in [0.2, 0.25) is 5.91 Å². The molecule has 0 aliphatic carbocycles. The van der Waals surface area contributed by atoms with E-state index in [1.165, 1.54) is 10.6 Å². The Labute approximate surface area is 114 Å². The minimum Gasteiger partial charge on any atom is -0.352 e. The third-order valence-electron chi connectivity index (χ3n) is 2.97. The number of aromatic nitrogens is 1. The lowest BCUT2D eigenvalue weighted by atomic mass is 10.1. The van der Waals surface area contributed by atoms with Crippen LogP contribution in [0.15, 0.2) is 27.6 Å². The van der Waals surface area contributed by atoms with E-state index >= 15 is 0 Å². The van der Waals surface area contributed by atoms with E-state index in [1.54, 1.807) is 12.3 Å². The number of halogens is 1. The normalized spacial score (nSPS) is 16.5. The summed E-state index contributed by atoms with van der Waals surface area (Å²) in [6.07, 6.45) is 3.52. The number of hydrogen-bond acceptors (Lipinski definition) is 3. The van der Waals surface area contributed by atoms with Gasteiger partial charge in [0.25, 0.3) is 5.56 Å². The molecule has 0 spiro atoms. The van der Waals surface area contributed by atoms with E-state index in [0.717, 1.165) is 30.4 Å². The molecule has 0 atom stereocenters. The molecule has 5 nitrogen and oxygen atoms in total. The van der Waals surface area contributed by atoms with E-state index < -0.39 is 0 Å². The maximum atomic E-state index is 11.8. The second kappa shape index (κ2) is 6.15. The zero-order chi connectivity index (χ0) is 13.0. The second-order valence-electron chi connectivity index (χ2n) is 4.41. The molecule has 1 fully saturated rings. The van der Waals surface area contributed by atoms with Crippen LogP contribution in [-0.4, -0.2) is 29.6 Å². The van der Waals surface area contributed by atoms with Crippen molar-refractivity contribution in [2.24, 2.45) is 0 Å². The first-order chi connectivity index (χ1) is 8.65. The summed E-state index contributed by atoms with van der Waals surface area (Å²) in [5, 5.41) is 6.20. The molecule has 1 aromatic rings. The van der Waals surface area contributed by atoms with Crippen molar-refractivity contribution >= 4 is 21.8 Å². The van der Waals surface area contributed by atoms with Gasteiger partial charge in [0.1, 0.15) is 6.54 Å². The number of nitrogens with zero attached hydrogens (tertiary/aromatic N) is 1. The highest BCUT2D eigenvalue weighted by Crippen LogP contribution is 2.05. The van der Waals surface area contributed by atoms with Gasteiger partial charge < -0.3 is 15.2 Å². The predicted molar refractivity (Wildman–Crippen MR) is 72.4 cm³/mol. The highest BCUT2D eigenvalue weighted by Gasteiger charge is 2.15. The standard InChI is InChI=1S/C12H16BrN3O2/c13-9-1-2-12(18)16(7-9)8-11(17)15-10-3-5-14-6-4-10/h1-2,7,10,14H,3-6,8H2,(H,15,17). The molecule has 1 aliphatic rings. The molecule has 1 saturated heterocycles. The smallest absolute Gasteiger partial charge is 0.251 e. The quantitative estimate of drug-likeness (QED) is 0.853. The Hall–Kier alpha value is -1.14. The van der Waals surface area contributed by atoms with Crippen molar-refractivity contribution in [3.05, 3.63) is 33.2 Å². The fraction of sp³-hybridized carbons (Fsp3) is 0.500. The number of amides is 1. The summed E-state index contributed by atoms with van der Waals surface area (Å²) < 4.78 is 2.19. The van der Waals surface area contributed by atoms with Crippen LogP contribution in [0.5, 0.6) is 0 Å². The molecule has 1 amide bonds. The van der Waals surface area contributed by atoms with Gasteiger partial charge in [0.05, 0.1) is 0 Å². The highest BCUT2D eigenvalue weighted by atomic mass is 79.9. The highest BCUT2D eigenvalue weighted by molar-refractivity contribution is 9.10. The number of carbonyl (C=O) groups is 1. The Morgan fingerprint density at radius 3 is 2.89 bits per heavy atom. The summed E-state index contributed by atoms with van der Waals surface area (Å²) in [5.74, 6) is -0.109. The molecular formula is C12H16BrN3O2. The van der Waals surface area contributed by atoms with Gasteiger partial charge in [-0.25, -0.2) is 0 Å². The second-order valence-corrected chi connectivity index (χ2v) is 5.32. The molecule has 0 unspecified atom stereocenters. The van der Waals surface area contributed by atoms with E-state index in [4.69, 9.17) is 0 Å². The number of pyridine rings is 1. The summed E-state index contributed by atoms with van der Waals surface area (Å²) in [6, 6.07) is 3.34. The predicted octanol–water partition coefficient (Wildman–Crippen LogP) is 0.479. The molecule has 1 aromatic heterocycles. The Morgan fingerprint density at radius 1 is 1.44 bits per heavy atom. The fourth-order valence-corrected chi connectivity index (χ4v) is 2.40. The van der Waals surface area contributed by atoms with Crippen molar-refractivity contribution in [1.82, 2.24) is 15.2 Å². The first-order valence-corrected chi connectivity index (χ1v) is 6.80. The lowest BCUT2D eigenvalue weighted by Crippen LogP contribution is -2.44. The minimum atomic E-state index is -0.168. The van der Waals surface area contributed by atoms with E-state index in [1.807, 2.05) is 0 Å². The minimum absolute atomic E-state index is 0.0716. The van der Waals surface area contributed by atoms with Crippen molar-refractivity contribution in [2.45, 2.75) is 25.4 Å². The third kappa shape index (κ3) is 3.68. The molecule has 98 valence electrons. The van der Waals surface area contributed by atoms with E-state index in [0.29, 0.717) is 0 Å². The van der Waals surface area contributed by atoms with Gasteiger partial charge in [0.15, 0.2) is 0 Å². The van der Waals surface area contributed by atoms with Crippen LogP contribution in [0.2, 0.25) is 0 Å². The van der Waals surface area contributed by atoms with Crippen LogP contribution in [0.4, 0.5) is 0 Å². The lowest BCUT2D eigenvalue weighted by molar-refractivity contribution is -0.122. The van der Waals surface area contributed by atoms with Crippen LogP contribution < -0.4 is 16.2 Å². The van der Waals surface area contributed by atoms with Crippen molar-refractivity contribution in [3.8, 4) is 0 Å². The van der Waals surface area contributed by atoms with Crippen molar-refractivity contribution in [1.29, 1.82) is 0 Å². The largest absolute Gasteiger partial charge is 0.352 e. The maximum absolute atomic E-state index is 11.8. The third-order valence-corrected chi connectivity index (χ3v) is 3.43. The molecule has 0 saturated carbocycles. The van der Waals surface area contributed by atoms with Gasteiger partial charge >= 0.3 is 0 Å². The number of nitrogens with one attached hydrogen (secondary N) is 2. The van der Waals surface area contributed by atoms with Gasteiger partial charge in [0, 0.05) is 22.8 Å². The monoisotopic (exact) mass is 313 g/mol. The first kappa shape index (κ1) is 13.3. The van der Waals surface area contributed by atoms with Crippen molar-refractivity contribution < 1.29 is 4.79 Å². The molecule has 0 bridgehead atoms. The Balaban J connectivity index is 1.94. The van der Waals surface area contributed by atoms with E-state index in [9.17, 15) is 9.59 Å². The Morgan fingerprint density at radius 2 is 2.17 bits per heavy atom. The van der Waals surface area contributed by atoms with Crippen molar-refractivity contribution in [2.75, 3.05) is 13.1 Å². The van der Waals surface area contributed by atoms with Crippen LogP contribution >= 0.6 is 15.9 Å². The molecule has 2 N–H and O–H groups in total. The zero-order valence-corrected chi connectivity index (χ0v) is 11.6. The molecule has 0 aromatic carbocycles. The average Bonchev–Trinajstić information content (AvgIpc) is 2.35. The lowest BCUT2D eigenvalue weighted by Gasteiger charge is -2.23. The van der Waals surface area contributed by atoms with Gasteiger partial charge in [-0.1, -0.05) is 0 Å². The maximum Gasteiger partial charge on any atom is 0.251 e. The average molecular weight is 314 g/mol. The fourth-order valence-electron chi connectivity index (χ4n) is 2.02. The summed E-state index contributed by atoms with van der Waals surface area (Å²) in [7, 11) is 0. The number of piperidine rings is 1. The topological polar surface area (TPSA) is 63.1 Å². The van der Waals surface area contributed by atoms with Gasteiger partial charge in [-0.3, -0.25) is 9.59 Å².